The van der Waals surface area contributed by atoms with Gasteiger partial charge in [0.25, 0.3) is 0 Å². The summed E-state index contributed by atoms with van der Waals surface area (Å²) < 4.78 is 5.48. The van der Waals surface area contributed by atoms with Gasteiger partial charge in [-0.05, 0) is 42.9 Å². The third-order valence-corrected chi connectivity index (χ3v) is 4.13. The van der Waals surface area contributed by atoms with Crippen molar-refractivity contribution in [2.24, 2.45) is 0 Å². The van der Waals surface area contributed by atoms with Crippen LogP contribution >= 0.6 is 24.0 Å². The molecule has 20 heavy (non-hydrogen) atoms. The summed E-state index contributed by atoms with van der Waals surface area (Å²) in [5, 5.41) is 7.10. The predicted molar refractivity (Wildman–Crippen MR) is 94.2 cm³/mol. The molecule has 0 bridgehead atoms. The molecular formula is C15H24N2OS2. The van der Waals surface area contributed by atoms with Crippen molar-refractivity contribution in [2.45, 2.75) is 32.4 Å². The van der Waals surface area contributed by atoms with Crippen LogP contribution in [0.5, 0.6) is 5.75 Å². The average Bonchev–Trinajstić information content (AvgIpc) is 2.36. The van der Waals surface area contributed by atoms with Crippen LogP contribution in [0.4, 0.5) is 5.69 Å². The van der Waals surface area contributed by atoms with Gasteiger partial charge in [0, 0.05) is 22.7 Å². The van der Waals surface area contributed by atoms with Crippen LogP contribution in [-0.2, 0) is 0 Å². The van der Waals surface area contributed by atoms with Crippen molar-refractivity contribution in [1.29, 1.82) is 0 Å². The van der Waals surface area contributed by atoms with E-state index in [0.29, 0.717) is 9.86 Å². The van der Waals surface area contributed by atoms with Crippen molar-refractivity contribution in [1.82, 2.24) is 5.32 Å². The third kappa shape index (κ3) is 6.48. The summed E-state index contributed by atoms with van der Waals surface area (Å²) in [6.07, 6.45) is 0. The normalized spacial score (nSPS) is 11.1. The summed E-state index contributed by atoms with van der Waals surface area (Å²) in [5.74, 6) is 1.89. The van der Waals surface area contributed by atoms with Gasteiger partial charge in [0.15, 0.2) is 5.11 Å². The molecule has 1 rings (SSSR count). The lowest BCUT2D eigenvalue weighted by atomic mass is 10.2. The second kappa shape index (κ2) is 7.74. The van der Waals surface area contributed by atoms with Gasteiger partial charge in [0.1, 0.15) is 5.75 Å². The number of methoxy groups -OCH3 is 1. The molecule has 0 amide bonds. The molecule has 0 saturated carbocycles. The molecule has 0 aliphatic carbocycles. The van der Waals surface area contributed by atoms with Crippen molar-refractivity contribution in [2.75, 3.05) is 24.7 Å². The Morgan fingerprint density at radius 3 is 2.60 bits per heavy atom. The van der Waals surface area contributed by atoms with E-state index in [1.807, 2.05) is 36.9 Å². The van der Waals surface area contributed by atoms with Crippen molar-refractivity contribution in [3.8, 4) is 5.75 Å². The fourth-order valence-corrected chi connectivity index (χ4v) is 2.62. The van der Waals surface area contributed by atoms with E-state index in [1.165, 1.54) is 0 Å². The number of thioether (sulfide) groups is 1. The molecule has 0 radical (unpaired) electrons. The molecule has 2 N–H and O–H groups in total. The Kier molecular flexibility index (Phi) is 6.62. The summed E-state index contributed by atoms with van der Waals surface area (Å²) in [5.41, 5.74) is 2.12. The van der Waals surface area contributed by atoms with Crippen molar-refractivity contribution < 1.29 is 4.74 Å². The van der Waals surface area contributed by atoms with Gasteiger partial charge in [-0.15, -0.1) is 0 Å². The Morgan fingerprint density at radius 1 is 1.35 bits per heavy atom. The Morgan fingerprint density at radius 2 is 2.05 bits per heavy atom. The summed E-state index contributed by atoms with van der Waals surface area (Å²) in [4.78, 5) is 0. The number of hydrogen-bond donors (Lipinski definition) is 2. The third-order valence-electron chi connectivity index (χ3n) is 2.60. The molecule has 0 atom stereocenters. The lowest BCUT2D eigenvalue weighted by Crippen LogP contribution is -2.31. The van der Waals surface area contributed by atoms with Gasteiger partial charge in [-0.2, -0.15) is 11.8 Å². The van der Waals surface area contributed by atoms with Crippen molar-refractivity contribution in [3.63, 3.8) is 0 Å². The summed E-state index contributed by atoms with van der Waals surface area (Å²) in [6.45, 7) is 9.55. The first kappa shape index (κ1) is 17.1. The molecule has 0 fully saturated rings. The minimum Gasteiger partial charge on any atom is -0.497 e. The molecular weight excluding hydrogens is 288 g/mol. The van der Waals surface area contributed by atoms with Gasteiger partial charge in [0.2, 0.25) is 0 Å². The first-order valence-electron chi connectivity index (χ1n) is 6.65. The lowest BCUT2D eigenvalue weighted by molar-refractivity contribution is 0.414. The fraction of sp³-hybridized carbons (Fsp3) is 0.533. The molecule has 0 aliphatic rings. The standard InChI is InChI=1S/C15H24N2OS2/c1-11-10-12(18-5)6-7-13(11)17-14(19)16-8-9-20-15(2,3)4/h6-7,10H,8-9H2,1-5H3,(H2,16,17,19). The van der Waals surface area contributed by atoms with E-state index in [0.717, 1.165) is 29.3 Å². The zero-order valence-corrected chi connectivity index (χ0v) is 14.5. The second-order valence-corrected chi connectivity index (χ2v) is 7.85. The summed E-state index contributed by atoms with van der Waals surface area (Å²) >= 11 is 7.22. The number of anilines is 1. The molecule has 1 aromatic rings. The largest absolute Gasteiger partial charge is 0.497 e. The highest BCUT2D eigenvalue weighted by Crippen LogP contribution is 2.22. The molecule has 112 valence electrons. The molecule has 0 spiro atoms. The van der Waals surface area contributed by atoms with Gasteiger partial charge < -0.3 is 15.4 Å². The minimum atomic E-state index is 0.295. The van der Waals surface area contributed by atoms with Gasteiger partial charge in [0.05, 0.1) is 7.11 Å². The Labute approximate surface area is 131 Å². The average molecular weight is 313 g/mol. The Hall–Kier alpha value is -0.940. The zero-order valence-electron chi connectivity index (χ0n) is 12.9. The number of rotatable bonds is 5. The van der Waals surface area contributed by atoms with Crippen LogP contribution in [-0.4, -0.2) is 29.3 Å². The number of benzene rings is 1. The summed E-state index contributed by atoms with van der Waals surface area (Å²) in [7, 11) is 1.67. The molecule has 1 aromatic carbocycles. The van der Waals surface area contributed by atoms with Gasteiger partial charge >= 0.3 is 0 Å². The van der Waals surface area contributed by atoms with E-state index in [2.05, 4.69) is 31.4 Å². The molecule has 0 saturated heterocycles. The molecule has 3 nitrogen and oxygen atoms in total. The van der Waals surface area contributed by atoms with Crippen LogP contribution in [0, 0.1) is 6.92 Å². The highest BCUT2D eigenvalue weighted by Gasteiger charge is 2.09. The Bertz CT molecular complexity index is 456. The summed E-state index contributed by atoms with van der Waals surface area (Å²) in [6, 6.07) is 5.89. The number of ether oxygens (including phenoxy) is 1. The zero-order chi connectivity index (χ0) is 15.2. The monoisotopic (exact) mass is 312 g/mol. The first-order chi connectivity index (χ1) is 9.31. The van der Waals surface area contributed by atoms with Gasteiger partial charge in [-0.3, -0.25) is 0 Å². The molecule has 0 unspecified atom stereocenters. The fourth-order valence-electron chi connectivity index (χ4n) is 1.59. The quantitative estimate of drug-likeness (QED) is 0.638. The van der Waals surface area contributed by atoms with Crippen LogP contribution in [0.1, 0.15) is 26.3 Å². The Balaban J connectivity index is 2.39. The highest BCUT2D eigenvalue weighted by molar-refractivity contribution is 8.00. The van der Waals surface area contributed by atoms with E-state index in [9.17, 15) is 0 Å². The van der Waals surface area contributed by atoms with Crippen LogP contribution in [0.15, 0.2) is 18.2 Å². The highest BCUT2D eigenvalue weighted by atomic mass is 32.2. The van der Waals surface area contributed by atoms with E-state index in [-0.39, 0.29) is 0 Å². The molecule has 0 heterocycles. The van der Waals surface area contributed by atoms with Crippen LogP contribution in [0.25, 0.3) is 0 Å². The first-order valence-corrected chi connectivity index (χ1v) is 8.04. The van der Waals surface area contributed by atoms with Crippen LogP contribution < -0.4 is 15.4 Å². The molecule has 5 heteroatoms. The van der Waals surface area contributed by atoms with E-state index < -0.39 is 0 Å². The minimum absolute atomic E-state index is 0.295. The number of nitrogens with one attached hydrogen (secondary N) is 2. The van der Waals surface area contributed by atoms with Crippen LogP contribution in [0.3, 0.4) is 0 Å². The second-order valence-electron chi connectivity index (χ2n) is 5.52. The van der Waals surface area contributed by atoms with E-state index in [4.69, 9.17) is 17.0 Å². The van der Waals surface area contributed by atoms with E-state index in [1.54, 1.807) is 7.11 Å². The predicted octanol–water partition coefficient (Wildman–Crippen LogP) is 3.82. The number of hydrogen-bond acceptors (Lipinski definition) is 3. The van der Waals surface area contributed by atoms with Crippen molar-refractivity contribution >= 4 is 34.8 Å². The maximum atomic E-state index is 5.30. The van der Waals surface area contributed by atoms with Gasteiger partial charge in [-0.25, -0.2) is 0 Å². The molecule has 0 aromatic heterocycles. The SMILES string of the molecule is COc1ccc(NC(=S)NCCSC(C)(C)C)c(C)c1. The molecule has 0 aliphatic heterocycles. The smallest absolute Gasteiger partial charge is 0.170 e. The topological polar surface area (TPSA) is 33.3 Å². The van der Waals surface area contributed by atoms with E-state index >= 15 is 0 Å². The maximum Gasteiger partial charge on any atom is 0.170 e. The maximum absolute atomic E-state index is 5.30. The lowest BCUT2D eigenvalue weighted by Gasteiger charge is -2.18. The number of thiocarbonyl (C=S) groups is 1. The van der Waals surface area contributed by atoms with Gasteiger partial charge in [-0.1, -0.05) is 20.8 Å². The van der Waals surface area contributed by atoms with Crippen LogP contribution in [0.2, 0.25) is 0 Å². The van der Waals surface area contributed by atoms with Crippen molar-refractivity contribution in [3.05, 3.63) is 23.8 Å². The number of aryl methyl sites for hydroxylation is 1.